The van der Waals surface area contributed by atoms with Crippen LogP contribution in [0.25, 0.3) is 0 Å². The van der Waals surface area contributed by atoms with Gasteiger partial charge in [0.05, 0.1) is 11.8 Å². The minimum absolute atomic E-state index is 0.407. The zero-order valence-electron chi connectivity index (χ0n) is 9.90. The minimum Gasteiger partial charge on any atom is -0.387 e. The van der Waals surface area contributed by atoms with E-state index >= 15 is 0 Å². The highest BCUT2D eigenvalue weighted by molar-refractivity contribution is 5.13. The second kappa shape index (κ2) is 5.86. The number of nitrogens with zero attached hydrogens (tertiary/aromatic N) is 1. The number of hydrogen-bond acceptors (Lipinski definition) is 2. The summed E-state index contributed by atoms with van der Waals surface area (Å²) >= 11 is 0. The van der Waals surface area contributed by atoms with E-state index < -0.39 is 6.10 Å². The lowest BCUT2D eigenvalue weighted by Gasteiger charge is -2.16. The van der Waals surface area contributed by atoms with Gasteiger partial charge in [-0.15, -0.1) is 0 Å². The summed E-state index contributed by atoms with van der Waals surface area (Å²) in [6.45, 7) is 6.34. The fraction of sp³-hybridized carbons (Fsp3) is 0.615. The number of aryl methyl sites for hydroxylation is 1. The first-order valence-electron chi connectivity index (χ1n) is 5.78. The minimum atomic E-state index is -0.407. The fourth-order valence-corrected chi connectivity index (χ4v) is 1.73. The predicted molar refractivity (Wildman–Crippen MR) is 62.6 cm³/mol. The summed E-state index contributed by atoms with van der Waals surface area (Å²) in [6, 6.07) is 3.92. The normalized spacial score (nSPS) is 13.1. The van der Waals surface area contributed by atoms with Crippen molar-refractivity contribution in [3.8, 4) is 0 Å². The van der Waals surface area contributed by atoms with Gasteiger partial charge in [0, 0.05) is 6.20 Å². The molecule has 2 nitrogen and oxygen atoms in total. The maximum atomic E-state index is 9.98. The second-order valence-corrected chi connectivity index (χ2v) is 4.19. The lowest BCUT2D eigenvalue weighted by atomic mass is 9.94. The zero-order valence-corrected chi connectivity index (χ0v) is 9.90. The lowest BCUT2D eigenvalue weighted by molar-refractivity contribution is 0.137. The smallest absolute Gasteiger partial charge is 0.0962 e. The van der Waals surface area contributed by atoms with E-state index in [2.05, 4.69) is 18.8 Å². The molecule has 0 aromatic carbocycles. The summed E-state index contributed by atoms with van der Waals surface area (Å²) < 4.78 is 0. The van der Waals surface area contributed by atoms with Crippen molar-refractivity contribution < 1.29 is 5.11 Å². The van der Waals surface area contributed by atoms with Crippen LogP contribution >= 0.6 is 0 Å². The summed E-state index contributed by atoms with van der Waals surface area (Å²) in [5.41, 5.74) is 1.93. The number of pyridine rings is 1. The van der Waals surface area contributed by atoms with Crippen molar-refractivity contribution in [2.24, 2.45) is 5.92 Å². The van der Waals surface area contributed by atoms with Gasteiger partial charge in [0.2, 0.25) is 0 Å². The van der Waals surface area contributed by atoms with Crippen molar-refractivity contribution in [2.75, 3.05) is 0 Å². The molecule has 15 heavy (non-hydrogen) atoms. The van der Waals surface area contributed by atoms with Crippen LogP contribution in [0.1, 0.15) is 50.5 Å². The van der Waals surface area contributed by atoms with Crippen LogP contribution in [0.2, 0.25) is 0 Å². The van der Waals surface area contributed by atoms with Crippen LogP contribution in [0.4, 0.5) is 0 Å². The molecule has 1 aromatic rings. The highest BCUT2D eigenvalue weighted by Gasteiger charge is 2.13. The first kappa shape index (κ1) is 12.2. The molecule has 1 rings (SSSR count). The largest absolute Gasteiger partial charge is 0.387 e. The molecule has 1 heterocycles. The monoisotopic (exact) mass is 207 g/mol. The van der Waals surface area contributed by atoms with E-state index in [9.17, 15) is 5.11 Å². The fourth-order valence-electron chi connectivity index (χ4n) is 1.73. The van der Waals surface area contributed by atoms with Crippen molar-refractivity contribution in [2.45, 2.75) is 46.1 Å². The van der Waals surface area contributed by atoms with Crippen LogP contribution in [-0.4, -0.2) is 10.1 Å². The Morgan fingerprint density at radius 1 is 1.27 bits per heavy atom. The molecule has 2 heteroatoms. The van der Waals surface area contributed by atoms with Gasteiger partial charge in [-0.3, -0.25) is 4.98 Å². The Balaban J connectivity index is 2.60. The van der Waals surface area contributed by atoms with E-state index in [1.807, 2.05) is 25.3 Å². The van der Waals surface area contributed by atoms with Crippen LogP contribution in [0.3, 0.4) is 0 Å². The molecule has 84 valence electrons. The SMILES string of the molecule is CCC(CC)CC(O)c1ccc(C)cn1. The molecule has 0 aliphatic carbocycles. The number of hydrogen-bond donors (Lipinski definition) is 1. The summed E-state index contributed by atoms with van der Waals surface area (Å²) in [6.07, 6.45) is 4.48. The van der Waals surface area contributed by atoms with Gasteiger partial charge in [-0.25, -0.2) is 0 Å². The maximum Gasteiger partial charge on any atom is 0.0962 e. The van der Waals surface area contributed by atoms with E-state index in [0.717, 1.165) is 30.5 Å². The van der Waals surface area contributed by atoms with Crippen molar-refractivity contribution in [1.29, 1.82) is 0 Å². The molecule has 0 amide bonds. The molecule has 0 bridgehead atoms. The average Bonchev–Trinajstić information content (AvgIpc) is 2.26. The molecule has 0 radical (unpaired) electrons. The first-order valence-corrected chi connectivity index (χ1v) is 5.78. The van der Waals surface area contributed by atoms with Crippen LogP contribution in [-0.2, 0) is 0 Å². The van der Waals surface area contributed by atoms with Gasteiger partial charge in [-0.2, -0.15) is 0 Å². The number of aliphatic hydroxyl groups excluding tert-OH is 1. The zero-order chi connectivity index (χ0) is 11.3. The van der Waals surface area contributed by atoms with E-state index in [1.165, 1.54) is 0 Å². The molecule has 0 aliphatic heterocycles. The van der Waals surface area contributed by atoms with Gasteiger partial charge < -0.3 is 5.11 Å². The molecule has 0 saturated heterocycles. The quantitative estimate of drug-likeness (QED) is 0.804. The third-order valence-corrected chi connectivity index (χ3v) is 2.99. The summed E-state index contributed by atoms with van der Waals surface area (Å²) in [4.78, 5) is 4.25. The highest BCUT2D eigenvalue weighted by atomic mass is 16.3. The van der Waals surface area contributed by atoms with Crippen molar-refractivity contribution in [3.05, 3.63) is 29.6 Å². The summed E-state index contributed by atoms with van der Waals surface area (Å²) in [5.74, 6) is 0.600. The van der Waals surface area contributed by atoms with Crippen LogP contribution in [0.15, 0.2) is 18.3 Å². The Morgan fingerprint density at radius 2 is 1.93 bits per heavy atom. The van der Waals surface area contributed by atoms with Crippen LogP contribution in [0.5, 0.6) is 0 Å². The average molecular weight is 207 g/mol. The van der Waals surface area contributed by atoms with Crippen molar-refractivity contribution >= 4 is 0 Å². The van der Waals surface area contributed by atoms with Crippen molar-refractivity contribution in [3.63, 3.8) is 0 Å². The molecule has 1 aromatic heterocycles. The van der Waals surface area contributed by atoms with Gasteiger partial charge in [0.25, 0.3) is 0 Å². The Bertz CT molecular complexity index is 277. The van der Waals surface area contributed by atoms with E-state index in [-0.39, 0.29) is 0 Å². The number of rotatable bonds is 5. The first-order chi connectivity index (χ1) is 7.17. The predicted octanol–water partition coefficient (Wildman–Crippen LogP) is 3.25. The van der Waals surface area contributed by atoms with E-state index in [0.29, 0.717) is 5.92 Å². The van der Waals surface area contributed by atoms with Crippen LogP contribution < -0.4 is 0 Å². The molecule has 0 aliphatic rings. The molecule has 1 unspecified atom stereocenters. The van der Waals surface area contributed by atoms with Gasteiger partial charge >= 0.3 is 0 Å². The molecule has 0 fully saturated rings. The summed E-state index contributed by atoms with van der Waals surface area (Å²) in [5, 5.41) is 9.98. The lowest BCUT2D eigenvalue weighted by Crippen LogP contribution is -2.07. The van der Waals surface area contributed by atoms with Crippen molar-refractivity contribution in [1.82, 2.24) is 4.98 Å². The molecular weight excluding hydrogens is 186 g/mol. The Kier molecular flexibility index (Phi) is 4.76. The highest BCUT2D eigenvalue weighted by Crippen LogP contribution is 2.23. The Morgan fingerprint density at radius 3 is 2.40 bits per heavy atom. The Hall–Kier alpha value is -0.890. The second-order valence-electron chi connectivity index (χ2n) is 4.19. The molecule has 1 atom stereocenters. The van der Waals surface area contributed by atoms with Gasteiger partial charge in [0.1, 0.15) is 0 Å². The topological polar surface area (TPSA) is 33.1 Å². The third-order valence-electron chi connectivity index (χ3n) is 2.99. The Labute approximate surface area is 92.4 Å². The maximum absolute atomic E-state index is 9.98. The molecule has 0 saturated carbocycles. The van der Waals surface area contributed by atoms with Crippen LogP contribution in [0, 0.1) is 12.8 Å². The van der Waals surface area contributed by atoms with E-state index in [1.54, 1.807) is 0 Å². The van der Waals surface area contributed by atoms with Gasteiger partial charge in [-0.1, -0.05) is 32.8 Å². The molecule has 0 spiro atoms. The third kappa shape index (κ3) is 3.63. The molecule has 1 N–H and O–H groups in total. The van der Waals surface area contributed by atoms with Gasteiger partial charge in [0.15, 0.2) is 0 Å². The number of aliphatic hydroxyl groups is 1. The summed E-state index contributed by atoms with van der Waals surface area (Å²) in [7, 11) is 0. The number of aromatic nitrogens is 1. The van der Waals surface area contributed by atoms with E-state index in [4.69, 9.17) is 0 Å². The standard InChI is InChI=1S/C13H21NO/c1-4-11(5-2)8-13(15)12-7-6-10(3)9-14-12/h6-7,9,11,13,15H,4-5,8H2,1-3H3. The van der Waals surface area contributed by atoms with Gasteiger partial charge in [-0.05, 0) is 30.9 Å². The molecular formula is C13H21NO.